The first-order valence-corrected chi connectivity index (χ1v) is 7.48. The van der Waals surface area contributed by atoms with Gasteiger partial charge in [0.2, 0.25) is 5.91 Å². The largest absolute Gasteiger partial charge is 0.339 e. The van der Waals surface area contributed by atoms with Crippen LogP contribution < -0.4 is 5.32 Å². The van der Waals surface area contributed by atoms with E-state index < -0.39 is 5.54 Å². The third-order valence-electron chi connectivity index (χ3n) is 3.97. The number of benzene rings is 1. The number of nitrogens with one attached hydrogen (secondary N) is 2. The molecule has 0 atom stereocenters. The molecular formula is C15H16ClN5O. The molecule has 114 valence electrons. The summed E-state index contributed by atoms with van der Waals surface area (Å²) in [6.07, 6.45) is 4.44. The lowest BCUT2D eigenvalue weighted by atomic mass is 9.76. The molecule has 3 rings (SSSR count). The highest BCUT2D eigenvalue weighted by Gasteiger charge is 2.43. The zero-order valence-electron chi connectivity index (χ0n) is 12.1. The number of hydrogen-bond donors (Lipinski definition) is 2. The Morgan fingerprint density at radius 1 is 1.41 bits per heavy atom. The zero-order chi connectivity index (χ0) is 15.6. The van der Waals surface area contributed by atoms with Gasteiger partial charge in [-0.05, 0) is 43.9 Å². The molecule has 0 unspecified atom stereocenters. The summed E-state index contributed by atoms with van der Waals surface area (Å²) in [5.74, 6) is 0.391. The predicted molar refractivity (Wildman–Crippen MR) is 83.0 cm³/mol. The van der Waals surface area contributed by atoms with Crippen molar-refractivity contribution in [2.45, 2.75) is 31.7 Å². The minimum atomic E-state index is -0.500. The van der Waals surface area contributed by atoms with E-state index in [1.54, 1.807) is 19.1 Å². The lowest BCUT2D eigenvalue weighted by molar-refractivity contribution is -0.120. The fourth-order valence-corrected chi connectivity index (χ4v) is 2.70. The lowest BCUT2D eigenvalue weighted by Crippen LogP contribution is -2.51. The molecule has 1 amide bonds. The molecule has 1 heterocycles. The van der Waals surface area contributed by atoms with E-state index in [0.717, 1.165) is 24.8 Å². The molecule has 6 nitrogen and oxygen atoms in total. The maximum atomic E-state index is 12.5. The molecular weight excluding hydrogens is 302 g/mol. The third-order valence-corrected chi connectivity index (χ3v) is 4.31. The maximum absolute atomic E-state index is 12.5. The average molecular weight is 318 g/mol. The number of aromatic amines is 1. The highest BCUT2D eigenvalue weighted by molar-refractivity contribution is 6.32. The van der Waals surface area contributed by atoms with Gasteiger partial charge in [0.25, 0.3) is 0 Å². The first-order chi connectivity index (χ1) is 10.6. The van der Waals surface area contributed by atoms with Gasteiger partial charge in [-0.25, -0.2) is 0 Å². The summed E-state index contributed by atoms with van der Waals surface area (Å²) in [6.45, 7) is 1.77. The molecule has 0 saturated heterocycles. The van der Waals surface area contributed by atoms with Crippen LogP contribution >= 0.6 is 11.6 Å². The Hall–Kier alpha value is -2.21. The number of rotatable bonds is 4. The smallest absolute Gasteiger partial charge is 0.247 e. The van der Waals surface area contributed by atoms with Crippen molar-refractivity contribution in [3.8, 4) is 0 Å². The molecule has 0 spiro atoms. The molecule has 1 aliphatic rings. The number of tetrazole rings is 1. The van der Waals surface area contributed by atoms with Crippen molar-refractivity contribution in [1.82, 2.24) is 25.9 Å². The van der Waals surface area contributed by atoms with Crippen LogP contribution in [0.1, 0.15) is 37.6 Å². The van der Waals surface area contributed by atoms with Crippen molar-refractivity contribution in [2.75, 3.05) is 0 Å². The van der Waals surface area contributed by atoms with Crippen molar-refractivity contribution >= 4 is 23.6 Å². The van der Waals surface area contributed by atoms with Crippen LogP contribution in [0.15, 0.2) is 29.8 Å². The third kappa shape index (κ3) is 2.74. The lowest BCUT2D eigenvalue weighted by Gasteiger charge is -2.39. The van der Waals surface area contributed by atoms with E-state index in [1.165, 1.54) is 0 Å². The molecule has 1 saturated carbocycles. The minimum Gasteiger partial charge on any atom is -0.339 e. The topological polar surface area (TPSA) is 83.6 Å². The summed E-state index contributed by atoms with van der Waals surface area (Å²) < 4.78 is 0. The van der Waals surface area contributed by atoms with Gasteiger partial charge in [-0.3, -0.25) is 4.79 Å². The van der Waals surface area contributed by atoms with Gasteiger partial charge in [-0.1, -0.05) is 35.0 Å². The van der Waals surface area contributed by atoms with Gasteiger partial charge < -0.3 is 5.32 Å². The number of amides is 1. The Morgan fingerprint density at radius 2 is 2.18 bits per heavy atom. The van der Waals surface area contributed by atoms with Crippen LogP contribution in [0, 0.1) is 0 Å². The van der Waals surface area contributed by atoms with E-state index in [9.17, 15) is 4.79 Å². The van der Waals surface area contributed by atoms with Gasteiger partial charge in [0, 0.05) is 10.6 Å². The molecule has 1 aromatic carbocycles. The SMILES string of the molecule is C/C(=C\c1ccccc1Cl)C(=O)NC1(c2nn[nH]n2)CCC1. The molecule has 0 aliphatic heterocycles. The van der Waals surface area contributed by atoms with Crippen molar-refractivity contribution in [1.29, 1.82) is 0 Å². The number of H-pyrrole nitrogens is 1. The van der Waals surface area contributed by atoms with E-state index in [2.05, 4.69) is 25.9 Å². The van der Waals surface area contributed by atoms with Crippen LogP contribution in [0.5, 0.6) is 0 Å². The van der Waals surface area contributed by atoms with Crippen LogP contribution in [0.2, 0.25) is 5.02 Å². The molecule has 22 heavy (non-hydrogen) atoms. The van der Waals surface area contributed by atoms with Gasteiger partial charge in [0.05, 0.1) is 0 Å². The van der Waals surface area contributed by atoms with E-state index >= 15 is 0 Å². The summed E-state index contributed by atoms with van der Waals surface area (Å²) >= 11 is 6.12. The monoisotopic (exact) mass is 317 g/mol. The molecule has 2 N–H and O–H groups in total. The Labute approximate surface area is 133 Å². The van der Waals surface area contributed by atoms with Gasteiger partial charge >= 0.3 is 0 Å². The minimum absolute atomic E-state index is 0.149. The van der Waals surface area contributed by atoms with E-state index in [0.29, 0.717) is 16.4 Å². The van der Waals surface area contributed by atoms with Gasteiger partial charge in [-0.15, -0.1) is 10.2 Å². The molecule has 1 aliphatic carbocycles. The average Bonchev–Trinajstić information content (AvgIpc) is 2.99. The standard InChI is InChI=1S/C15H16ClN5O/c1-10(9-11-5-2-3-6-12(11)16)13(22)17-15(7-4-8-15)14-18-20-21-19-14/h2-3,5-6,9H,4,7-8H2,1H3,(H,17,22)(H,18,19,20,21)/b10-9+. The van der Waals surface area contributed by atoms with Crippen molar-refractivity contribution in [3.05, 3.63) is 46.2 Å². The summed E-state index contributed by atoms with van der Waals surface area (Å²) in [6, 6.07) is 7.41. The summed E-state index contributed by atoms with van der Waals surface area (Å²) in [5.41, 5.74) is 0.904. The van der Waals surface area contributed by atoms with Gasteiger partial charge in [0.1, 0.15) is 5.54 Å². The summed E-state index contributed by atoms with van der Waals surface area (Å²) in [4.78, 5) is 12.5. The second kappa shape index (κ2) is 5.88. The molecule has 1 fully saturated rings. The van der Waals surface area contributed by atoms with E-state index in [1.807, 2.05) is 18.2 Å². The number of aromatic nitrogens is 4. The van der Waals surface area contributed by atoms with Crippen LogP contribution in [-0.2, 0) is 10.3 Å². The first kappa shape index (κ1) is 14.7. The first-order valence-electron chi connectivity index (χ1n) is 7.10. The van der Waals surface area contributed by atoms with E-state index in [-0.39, 0.29) is 5.91 Å². The van der Waals surface area contributed by atoms with Gasteiger partial charge in [-0.2, -0.15) is 5.21 Å². The Kier molecular flexibility index (Phi) is 3.94. The fraction of sp³-hybridized carbons (Fsp3) is 0.333. The Balaban J connectivity index is 1.78. The van der Waals surface area contributed by atoms with Crippen molar-refractivity contribution < 1.29 is 4.79 Å². The predicted octanol–water partition coefficient (Wildman–Crippen LogP) is 2.45. The zero-order valence-corrected chi connectivity index (χ0v) is 12.9. The Bertz CT molecular complexity index is 706. The molecule has 0 radical (unpaired) electrons. The molecule has 0 bridgehead atoms. The number of halogens is 1. The van der Waals surface area contributed by atoms with Crippen molar-refractivity contribution in [3.63, 3.8) is 0 Å². The number of carbonyl (C=O) groups excluding carboxylic acids is 1. The molecule has 2 aromatic rings. The number of hydrogen-bond acceptors (Lipinski definition) is 4. The second-order valence-corrected chi connectivity index (χ2v) is 5.88. The van der Waals surface area contributed by atoms with Gasteiger partial charge in [0.15, 0.2) is 5.82 Å². The Morgan fingerprint density at radius 3 is 2.77 bits per heavy atom. The molecule has 1 aromatic heterocycles. The van der Waals surface area contributed by atoms with Crippen LogP contribution in [0.3, 0.4) is 0 Å². The second-order valence-electron chi connectivity index (χ2n) is 5.47. The highest BCUT2D eigenvalue weighted by atomic mass is 35.5. The summed E-state index contributed by atoms with van der Waals surface area (Å²) in [5, 5.41) is 17.7. The number of nitrogens with zero attached hydrogens (tertiary/aromatic N) is 3. The normalized spacial score (nSPS) is 16.9. The maximum Gasteiger partial charge on any atom is 0.247 e. The van der Waals surface area contributed by atoms with Crippen LogP contribution in [-0.4, -0.2) is 26.5 Å². The highest BCUT2D eigenvalue weighted by Crippen LogP contribution is 2.39. The quantitative estimate of drug-likeness (QED) is 0.848. The van der Waals surface area contributed by atoms with E-state index in [4.69, 9.17) is 11.6 Å². The number of carbonyl (C=O) groups is 1. The van der Waals surface area contributed by atoms with Crippen LogP contribution in [0.4, 0.5) is 0 Å². The molecule has 7 heteroatoms. The summed E-state index contributed by atoms with van der Waals surface area (Å²) in [7, 11) is 0. The van der Waals surface area contributed by atoms with Crippen molar-refractivity contribution in [2.24, 2.45) is 0 Å². The van der Waals surface area contributed by atoms with Crippen LogP contribution in [0.25, 0.3) is 6.08 Å². The fourth-order valence-electron chi connectivity index (χ4n) is 2.51.